The van der Waals surface area contributed by atoms with E-state index in [1.807, 2.05) is 6.92 Å². The lowest BCUT2D eigenvalue weighted by molar-refractivity contribution is -0.0262. The van der Waals surface area contributed by atoms with Crippen molar-refractivity contribution in [3.63, 3.8) is 0 Å². The van der Waals surface area contributed by atoms with Crippen molar-refractivity contribution in [2.75, 3.05) is 37.7 Å². The molecule has 2 aliphatic rings. The summed E-state index contributed by atoms with van der Waals surface area (Å²) in [6.45, 7) is 6.17. The number of morpholine rings is 1. The van der Waals surface area contributed by atoms with E-state index in [2.05, 4.69) is 64.4 Å². The zero-order valence-corrected chi connectivity index (χ0v) is 16.1. The first-order valence-electron chi connectivity index (χ1n) is 10.1. The molecule has 2 heterocycles. The van der Waals surface area contributed by atoms with Crippen molar-refractivity contribution in [2.24, 2.45) is 0 Å². The maximum absolute atomic E-state index is 10.9. The maximum atomic E-state index is 10.9. The molecule has 27 heavy (non-hydrogen) atoms. The lowest BCUT2D eigenvalue weighted by Gasteiger charge is -2.47. The highest BCUT2D eigenvalue weighted by Crippen LogP contribution is 2.38. The molecule has 3 unspecified atom stereocenters. The summed E-state index contributed by atoms with van der Waals surface area (Å²) in [6.07, 6.45) is 1.85. The van der Waals surface area contributed by atoms with Crippen LogP contribution >= 0.6 is 0 Å². The third-order valence-corrected chi connectivity index (χ3v) is 5.91. The number of aliphatic hydroxyl groups is 1. The summed E-state index contributed by atoms with van der Waals surface area (Å²) in [5.74, 6) is 0. The molecule has 0 bridgehead atoms. The quantitative estimate of drug-likeness (QED) is 0.881. The van der Waals surface area contributed by atoms with Gasteiger partial charge in [0.1, 0.15) is 0 Å². The number of benzene rings is 2. The SMILES string of the molecule is CC(O)C(C(c1ccccc1)N1CCCc2ccccc21)N1CCOCC1. The van der Waals surface area contributed by atoms with Gasteiger partial charge in [-0.2, -0.15) is 0 Å². The van der Waals surface area contributed by atoms with Crippen LogP contribution in [-0.2, 0) is 11.2 Å². The van der Waals surface area contributed by atoms with E-state index >= 15 is 0 Å². The fourth-order valence-corrected chi connectivity index (χ4v) is 4.71. The lowest BCUT2D eigenvalue weighted by atomic mass is 9.89. The number of anilines is 1. The Morgan fingerprint density at radius 3 is 2.37 bits per heavy atom. The van der Waals surface area contributed by atoms with Crippen molar-refractivity contribution in [1.82, 2.24) is 4.90 Å². The van der Waals surface area contributed by atoms with Gasteiger partial charge in [0.25, 0.3) is 0 Å². The van der Waals surface area contributed by atoms with Crippen LogP contribution in [0.5, 0.6) is 0 Å². The van der Waals surface area contributed by atoms with Crippen LogP contribution in [0.4, 0.5) is 5.69 Å². The molecule has 3 atom stereocenters. The van der Waals surface area contributed by atoms with Crippen molar-refractivity contribution in [3.8, 4) is 0 Å². The Labute approximate surface area is 162 Å². The molecule has 0 aromatic heterocycles. The minimum absolute atomic E-state index is 0.0301. The molecule has 1 N–H and O–H groups in total. The molecule has 0 spiro atoms. The standard InChI is InChI=1S/C23H30N2O2/c1-18(26)22(24-14-16-27-17-15-24)23(20-9-3-2-4-10-20)25-13-7-11-19-8-5-6-12-21(19)25/h2-6,8-10,12,18,22-23,26H,7,11,13-17H2,1H3. The number of nitrogens with zero attached hydrogens (tertiary/aromatic N) is 2. The highest BCUT2D eigenvalue weighted by atomic mass is 16.5. The number of ether oxygens (including phenoxy) is 1. The second kappa shape index (κ2) is 8.42. The average molecular weight is 367 g/mol. The second-order valence-corrected chi connectivity index (χ2v) is 7.66. The fourth-order valence-electron chi connectivity index (χ4n) is 4.71. The number of hydrogen-bond acceptors (Lipinski definition) is 4. The van der Waals surface area contributed by atoms with Gasteiger partial charge in [-0.1, -0.05) is 48.5 Å². The van der Waals surface area contributed by atoms with Crippen LogP contribution < -0.4 is 4.90 Å². The van der Waals surface area contributed by atoms with Crippen molar-refractivity contribution in [1.29, 1.82) is 0 Å². The highest BCUT2D eigenvalue weighted by molar-refractivity contribution is 5.57. The Hall–Kier alpha value is -1.88. The molecule has 4 rings (SSSR count). The molecule has 4 nitrogen and oxygen atoms in total. The van der Waals surface area contributed by atoms with Crippen LogP contribution in [0, 0.1) is 0 Å². The Kier molecular flexibility index (Phi) is 5.77. The van der Waals surface area contributed by atoms with Crippen molar-refractivity contribution >= 4 is 5.69 Å². The third kappa shape index (κ3) is 3.88. The van der Waals surface area contributed by atoms with Crippen LogP contribution in [0.2, 0.25) is 0 Å². The summed E-state index contributed by atoms with van der Waals surface area (Å²) in [6, 6.07) is 19.6. The van der Waals surface area contributed by atoms with E-state index in [9.17, 15) is 5.11 Å². The van der Waals surface area contributed by atoms with Gasteiger partial charge in [0.15, 0.2) is 0 Å². The molecule has 0 radical (unpaired) electrons. The number of rotatable bonds is 5. The molecule has 0 saturated carbocycles. The molecule has 0 aliphatic carbocycles. The van der Waals surface area contributed by atoms with Gasteiger partial charge in [-0.25, -0.2) is 0 Å². The zero-order chi connectivity index (χ0) is 18.6. The first kappa shape index (κ1) is 18.5. The van der Waals surface area contributed by atoms with Gasteiger partial charge in [0, 0.05) is 25.3 Å². The van der Waals surface area contributed by atoms with Crippen LogP contribution in [0.25, 0.3) is 0 Å². The fraction of sp³-hybridized carbons (Fsp3) is 0.478. The molecule has 2 aromatic carbocycles. The molecule has 0 amide bonds. The zero-order valence-electron chi connectivity index (χ0n) is 16.1. The number of aliphatic hydroxyl groups excluding tert-OH is 1. The molecular formula is C23H30N2O2. The number of para-hydroxylation sites is 1. The number of hydrogen-bond donors (Lipinski definition) is 1. The molecule has 144 valence electrons. The minimum atomic E-state index is -0.428. The summed E-state index contributed by atoms with van der Waals surface area (Å²) in [5.41, 5.74) is 4.00. The van der Waals surface area contributed by atoms with E-state index in [1.165, 1.54) is 16.8 Å². The Morgan fingerprint density at radius 1 is 0.926 bits per heavy atom. The van der Waals surface area contributed by atoms with Gasteiger partial charge in [-0.05, 0) is 37.0 Å². The van der Waals surface area contributed by atoms with E-state index in [0.29, 0.717) is 0 Å². The van der Waals surface area contributed by atoms with E-state index in [-0.39, 0.29) is 12.1 Å². The van der Waals surface area contributed by atoms with Crippen LogP contribution in [0.3, 0.4) is 0 Å². The van der Waals surface area contributed by atoms with Gasteiger partial charge in [0.05, 0.1) is 31.4 Å². The third-order valence-electron chi connectivity index (χ3n) is 5.91. The normalized spacial score (nSPS) is 21.3. The van der Waals surface area contributed by atoms with E-state index in [4.69, 9.17) is 4.74 Å². The number of aryl methyl sites for hydroxylation is 1. The summed E-state index contributed by atoms with van der Waals surface area (Å²) >= 11 is 0. The molecule has 1 saturated heterocycles. The van der Waals surface area contributed by atoms with Crippen LogP contribution in [-0.4, -0.2) is 55.0 Å². The van der Waals surface area contributed by atoms with E-state index in [1.54, 1.807) is 0 Å². The Morgan fingerprint density at radius 2 is 1.63 bits per heavy atom. The average Bonchev–Trinajstić information content (AvgIpc) is 2.72. The maximum Gasteiger partial charge on any atom is 0.0723 e. The van der Waals surface area contributed by atoms with Crippen LogP contribution in [0.1, 0.15) is 30.5 Å². The molecule has 2 aliphatic heterocycles. The monoisotopic (exact) mass is 366 g/mol. The topological polar surface area (TPSA) is 35.9 Å². The molecule has 2 aromatic rings. The molecule has 4 heteroatoms. The summed E-state index contributed by atoms with van der Waals surface area (Å²) in [7, 11) is 0. The van der Waals surface area contributed by atoms with Gasteiger partial charge in [-0.15, -0.1) is 0 Å². The Bertz CT molecular complexity index is 728. The second-order valence-electron chi connectivity index (χ2n) is 7.66. The van der Waals surface area contributed by atoms with Gasteiger partial charge in [0.2, 0.25) is 0 Å². The van der Waals surface area contributed by atoms with Crippen molar-refractivity contribution in [2.45, 2.75) is 38.0 Å². The van der Waals surface area contributed by atoms with Gasteiger partial charge in [-0.3, -0.25) is 4.90 Å². The van der Waals surface area contributed by atoms with E-state index in [0.717, 1.165) is 45.7 Å². The smallest absolute Gasteiger partial charge is 0.0723 e. The van der Waals surface area contributed by atoms with Gasteiger partial charge >= 0.3 is 0 Å². The Balaban J connectivity index is 1.78. The molecule has 1 fully saturated rings. The minimum Gasteiger partial charge on any atom is -0.392 e. The predicted molar refractivity (Wildman–Crippen MR) is 109 cm³/mol. The van der Waals surface area contributed by atoms with Gasteiger partial charge < -0.3 is 14.7 Å². The first-order chi connectivity index (χ1) is 13.3. The van der Waals surface area contributed by atoms with Crippen molar-refractivity contribution in [3.05, 3.63) is 65.7 Å². The summed E-state index contributed by atoms with van der Waals surface area (Å²) in [5, 5.41) is 10.9. The van der Waals surface area contributed by atoms with Crippen molar-refractivity contribution < 1.29 is 9.84 Å². The molecular weight excluding hydrogens is 336 g/mol. The van der Waals surface area contributed by atoms with Crippen LogP contribution in [0.15, 0.2) is 54.6 Å². The largest absolute Gasteiger partial charge is 0.392 e. The summed E-state index contributed by atoms with van der Waals surface area (Å²) < 4.78 is 5.58. The highest BCUT2D eigenvalue weighted by Gasteiger charge is 2.38. The number of fused-ring (bicyclic) bond motifs is 1. The van der Waals surface area contributed by atoms with E-state index < -0.39 is 6.10 Å². The first-order valence-corrected chi connectivity index (χ1v) is 10.1. The summed E-state index contributed by atoms with van der Waals surface area (Å²) in [4.78, 5) is 4.95. The predicted octanol–water partition coefficient (Wildman–Crippen LogP) is 3.26. The lowest BCUT2D eigenvalue weighted by Crippen LogP contribution is -2.55.